The van der Waals surface area contributed by atoms with Crippen LogP contribution in [0.1, 0.15) is 11.1 Å². The Balaban J connectivity index is 2.07. The maximum atomic E-state index is 5.83. The molecule has 0 amide bonds. The van der Waals surface area contributed by atoms with Crippen molar-refractivity contribution in [1.29, 1.82) is 0 Å². The Morgan fingerprint density at radius 1 is 1.15 bits per heavy atom. The molecule has 1 aromatic carbocycles. The molecule has 0 aliphatic heterocycles. The minimum atomic E-state index is 0.539. The molecule has 4 nitrogen and oxygen atoms in total. The van der Waals surface area contributed by atoms with Crippen LogP contribution < -0.4 is 10.5 Å². The van der Waals surface area contributed by atoms with Crippen molar-refractivity contribution in [2.75, 3.05) is 7.11 Å². The molecule has 0 aliphatic rings. The third-order valence-corrected chi connectivity index (χ3v) is 3.48. The number of nitrogens with zero attached hydrogens (tertiary/aromatic N) is 2. The number of hydrogen-bond acceptors (Lipinski definition) is 3. The second-order valence-electron chi connectivity index (χ2n) is 4.68. The molecule has 3 rings (SSSR count). The Bertz CT molecular complexity index is 733. The van der Waals surface area contributed by atoms with E-state index in [0.717, 1.165) is 17.7 Å². The Labute approximate surface area is 117 Å². The number of rotatable bonds is 4. The van der Waals surface area contributed by atoms with Gasteiger partial charge in [-0.1, -0.05) is 24.3 Å². The fraction of sp³-hybridized carbons (Fsp3) is 0.188. The van der Waals surface area contributed by atoms with E-state index in [1.54, 1.807) is 13.3 Å². The first-order chi connectivity index (χ1) is 9.83. The molecule has 0 spiro atoms. The third-order valence-electron chi connectivity index (χ3n) is 3.48. The molecular weight excluding hydrogens is 250 g/mol. The average molecular weight is 267 g/mol. The van der Waals surface area contributed by atoms with Crippen molar-refractivity contribution < 1.29 is 4.74 Å². The maximum Gasteiger partial charge on any atom is 0.218 e. The van der Waals surface area contributed by atoms with Gasteiger partial charge >= 0.3 is 0 Å². The molecule has 0 aliphatic carbocycles. The first-order valence-corrected chi connectivity index (χ1v) is 6.58. The van der Waals surface area contributed by atoms with Crippen molar-refractivity contribution in [3.05, 3.63) is 59.9 Å². The Morgan fingerprint density at radius 3 is 2.80 bits per heavy atom. The summed E-state index contributed by atoms with van der Waals surface area (Å²) in [6.07, 6.45) is 3.85. The number of pyridine rings is 1. The van der Waals surface area contributed by atoms with Gasteiger partial charge in [-0.2, -0.15) is 0 Å². The monoisotopic (exact) mass is 267 g/mol. The van der Waals surface area contributed by atoms with E-state index in [2.05, 4.69) is 27.9 Å². The van der Waals surface area contributed by atoms with Crippen LogP contribution in [-0.2, 0) is 13.1 Å². The first-order valence-electron chi connectivity index (χ1n) is 6.58. The quantitative estimate of drug-likeness (QED) is 0.790. The third kappa shape index (κ3) is 2.14. The predicted molar refractivity (Wildman–Crippen MR) is 79.7 cm³/mol. The van der Waals surface area contributed by atoms with E-state index >= 15 is 0 Å². The highest BCUT2D eigenvalue weighted by Crippen LogP contribution is 2.23. The number of nitrogens with two attached hydrogens (primary N) is 1. The summed E-state index contributed by atoms with van der Waals surface area (Å²) in [6.45, 7) is 1.26. The number of ether oxygens (including phenoxy) is 1. The van der Waals surface area contributed by atoms with Gasteiger partial charge in [0.05, 0.1) is 13.7 Å². The highest BCUT2D eigenvalue weighted by Gasteiger charge is 2.09. The zero-order valence-corrected chi connectivity index (χ0v) is 11.4. The van der Waals surface area contributed by atoms with Crippen molar-refractivity contribution in [2.45, 2.75) is 13.1 Å². The molecule has 4 heteroatoms. The van der Waals surface area contributed by atoms with Crippen LogP contribution in [0.25, 0.3) is 10.9 Å². The molecule has 2 aromatic heterocycles. The zero-order valence-electron chi connectivity index (χ0n) is 11.4. The lowest BCUT2D eigenvalue weighted by Gasteiger charge is -2.09. The van der Waals surface area contributed by atoms with E-state index < -0.39 is 0 Å². The van der Waals surface area contributed by atoms with Crippen LogP contribution in [0.4, 0.5) is 0 Å². The summed E-state index contributed by atoms with van der Waals surface area (Å²) in [4.78, 5) is 4.24. The molecule has 2 heterocycles. The lowest BCUT2D eigenvalue weighted by Crippen LogP contribution is -2.02. The van der Waals surface area contributed by atoms with Gasteiger partial charge in [-0.05, 0) is 17.7 Å². The molecule has 0 atom stereocenters. The van der Waals surface area contributed by atoms with Gasteiger partial charge in [0.1, 0.15) is 0 Å². The molecule has 0 fully saturated rings. The summed E-state index contributed by atoms with van der Waals surface area (Å²) < 4.78 is 7.51. The molecule has 2 N–H and O–H groups in total. The Hall–Kier alpha value is -2.33. The van der Waals surface area contributed by atoms with Gasteiger partial charge in [0, 0.05) is 35.4 Å². The molecule has 20 heavy (non-hydrogen) atoms. The molecule has 0 radical (unpaired) electrons. The van der Waals surface area contributed by atoms with Gasteiger partial charge in [-0.15, -0.1) is 0 Å². The number of hydrogen-bond donors (Lipinski definition) is 1. The molecular formula is C16H17N3O. The fourth-order valence-electron chi connectivity index (χ4n) is 2.53. The van der Waals surface area contributed by atoms with Crippen LogP contribution in [0.15, 0.2) is 48.8 Å². The smallest absolute Gasteiger partial charge is 0.218 e. The van der Waals surface area contributed by atoms with Crippen LogP contribution in [0.3, 0.4) is 0 Å². The second-order valence-corrected chi connectivity index (χ2v) is 4.68. The van der Waals surface area contributed by atoms with Gasteiger partial charge in [0.2, 0.25) is 5.88 Å². The minimum Gasteiger partial charge on any atom is -0.481 e. The number of para-hydroxylation sites is 1. The van der Waals surface area contributed by atoms with Gasteiger partial charge in [0.15, 0.2) is 0 Å². The van der Waals surface area contributed by atoms with Crippen molar-refractivity contribution >= 4 is 10.9 Å². The standard InChI is InChI=1S/C16H17N3O/c1-20-16-12(5-4-8-18-16)10-19-11-13(9-17)14-6-2-3-7-15(14)19/h2-8,11H,9-10,17H2,1H3. The predicted octanol–water partition coefficient (Wildman–Crippen LogP) is 2.55. The minimum absolute atomic E-state index is 0.539. The number of fused-ring (bicyclic) bond motifs is 1. The summed E-state index contributed by atoms with van der Waals surface area (Å²) in [5, 5.41) is 1.21. The normalized spacial score (nSPS) is 10.9. The highest BCUT2D eigenvalue weighted by molar-refractivity contribution is 5.84. The van der Waals surface area contributed by atoms with E-state index in [0.29, 0.717) is 12.4 Å². The van der Waals surface area contributed by atoms with Gasteiger partial charge in [-0.3, -0.25) is 0 Å². The Morgan fingerprint density at radius 2 is 2.00 bits per heavy atom. The molecule has 3 aromatic rings. The van der Waals surface area contributed by atoms with Crippen molar-refractivity contribution in [3.8, 4) is 5.88 Å². The second kappa shape index (κ2) is 5.35. The first kappa shape index (κ1) is 12.7. The largest absolute Gasteiger partial charge is 0.481 e. The maximum absolute atomic E-state index is 5.83. The number of methoxy groups -OCH3 is 1. The average Bonchev–Trinajstić information content (AvgIpc) is 2.86. The van der Waals surface area contributed by atoms with Crippen LogP contribution in [-0.4, -0.2) is 16.7 Å². The number of benzene rings is 1. The summed E-state index contributed by atoms with van der Waals surface area (Å²) in [6, 6.07) is 12.2. The molecule has 0 saturated heterocycles. The van der Waals surface area contributed by atoms with Gasteiger partial charge in [0.25, 0.3) is 0 Å². The molecule has 0 bridgehead atoms. The molecule has 0 saturated carbocycles. The van der Waals surface area contributed by atoms with Crippen molar-refractivity contribution in [2.24, 2.45) is 5.73 Å². The van der Waals surface area contributed by atoms with Crippen LogP contribution in [0.2, 0.25) is 0 Å². The van der Waals surface area contributed by atoms with Crippen molar-refractivity contribution in [3.63, 3.8) is 0 Å². The summed E-state index contributed by atoms with van der Waals surface area (Å²) in [5.41, 5.74) is 9.22. The van der Waals surface area contributed by atoms with E-state index in [1.807, 2.05) is 24.3 Å². The van der Waals surface area contributed by atoms with E-state index in [1.165, 1.54) is 10.9 Å². The van der Waals surface area contributed by atoms with Crippen LogP contribution in [0, 0.1) is 0 Å². The number of aromatic nitrogens is 2. The van der Waals surface area contributed by atoms with Gasteiger partial charge in [-0.25, -0.2) is 4.98 Å². The summed E-state index contributed by atoms with van der Waals surface area (Å²) >= 11 is 0. The fourth-order valence-corrected chi connectivity index (χ4v) is 2.53. The van der Waals surface area contributed by atoms with Crippen LogP contribution >= 0.6 is 0 Å². The molecule has 102 valence electrons. The van der Waals surface area contributed by atoms with E-state index in [-0.39, 0.29) is 0 Å². The summed E-state index contributed by atoms with van der Waals surface area (Å²) in [5.74, 6) is 0.666. The van der Waals surface area contributed by atoms with Crippen LogP contribution in [0.5, 0.6) is 5.88 Å². The summed E-state index contributed by atoms with van der Waals surface area (Å²) in [7, 11) is 1.64. The SMILES string of the molecule is COc1ncccc1Cn1cc(CN)c2ccccc21. The lowest BCUT2D eigenvalue weighted by atomic mass is 10.2. The highest BCUT2D eigenvalue weighted by atomic mass is 16.5. The molecule has 0 unspecified atom stereocenters. The van der Waals surface area contributed by atoms with Crippen molar-refractivity contribution in [1.82, 2.24) is 9.55 Å². The lowest BCUT2D eigenvalue weighted by molar-refractivity contribution is 0.391. The van der Waals surface area contributed by atoms with E-state index in [9.17, 15) is 0 Å². The zero-order chi connectivity index (χ0) is 13.9. The topological polar surface area (TPSA) is 53.1 Å². The van der Waals surface area contributed by atoms with E-state index in [4.69, 9.17) is 10.5 Å². The van der Waals surface area contributed by atoms with Gasteiger partial charge < -0.3 is 15.0 Å². The Kier molecular flexibility index (Phi) is 3.39.